The summed E-state index contributed by atoms with van der Waals surface area (Å²) in [6.45, 7) is 3.98. The number of aliphatic hydroxyl groups excluding tert-OH is 1. The van der Waals surface area contributed by atoms with Crippen molar-refractivity contribution in [3.8, 4) is 0 Å². The SMILES string of the molecule is CC1(C)O[C@H]2O[C@H]([C@@H]3CNC(=O)N3)[C@H](O)[C@H]2O1. The van der Waals surface area contributed by atoms with Gasteiger partial charge in [-0.2, -0.15) is 0 Å². The van der Waals surface area contributed by atoms with Crippen molar-refractivity contribution in [1.82, 2.24) is 10.6 Å². The highest BCUT2D eigenvalue weighted by Gasteiger charge is 2.56. The standard InChI is InChI=1S/C10H16N2O5/c1-10(2)16-7-5(13)6(15-8(7)17-10)4-3-11-9(14)12-4/h4-8,13H,3H2,1-2H3,(H2,11,12,14)/t4-,5-,6+,7+,8+/m0/s1. The molecule has 3 N–H and O–H groups in total. The smallest absolute Gasteiger partial charge is 0.315 e. The predicted molar refractivity (Wildman–Crippen MR) is 55.0 cm³/mol. The molecule has 0 aromatic carbocycles. The minimum Gasteiger partial charge on any atom is -0.387 e. The number of urea groups is 1. The molecule has 0 saturated carbocycles. The molecule has 2 amide bonds. The Labute approximate surface area is 98.4 Å². The number of amides is 2. The molecule has 3 saturated heterocycles. The second kappa shape index (κ2) is 3.55. The normalized spacial score (nSPS) is 47.7. The summed E-state index contributed by atoms with van der Waals surface area (Å²) < 4.78 is 16.7. The lowest BCUT2D eigenvalue weighted by atomic mass is 10.0. The van der Waals surface area contributed by atoms with Crippen LogP contribution in [-0.2, 0) is 14.2 Å². The van der Waals surface area contributed by atoms with E-state index in [9.17, 15) is 9.90 Å². The van der Waals surface area contributed by atoms with Crippen LogP contribution in [-0.4, -0.2) is 54.1 Å². The number of nitrogens with one attached hydrogen (secondary N) is 2. The number of fused-ring (bicyclic) bond motifs is 1. The van der Waals surface area contributed by atoms with Crippen molar-refractivity contribution in [3.63, 3.8) is 0 Å². The van der Waals surface area contributed by atoms with E-state index in [-0.39, 0.29) is 12.1 Å². The Morgan fingerprint density at radius 2 is 2.12 bits per heavy atom. The van der Waals surface area contributed by atoms with Crippen LogP contribution >= 0.6 is 0 Å². The molecule has 0 radical (unpaired) electrons. The monoisotopic (exact) mass is 244 g/mol. The van der Waals surface area contributed by atoms with Crippen molar-refractivity contribution in [2.24, 2.45) is 0 Å². The molecule has 7 heteroatoms. The summed E-state index contributed by atoms with van der Waals surface area (Å²) in [7, 11) is 0. The van der Waals surface area contributed by atoms with Crippen LogP contribution < -0.4 is 10.6 Å². The molecule has 0 aromatic rings. The Bertz CT molecular complexity index is 348. The summed E-state index contributed by atoms with van der Waals surface area (Å²) in [5, 5.41) is 15.4. The van der Waals surface area contributed by atoms with Crippen LogP contribution in [0, 0.1) is 0 Å². The predicted octanol–water partition coefficient (Wildman–Crippen LogP) is -1.09. The van der Waals surface area contributed by atoms with Gasteiger partial charge in [0.05, 0.1) is 6.04 Å². The molecular weight excluding hydrogens is 228 g/mol. The minimum atomic E-state index is -0.799. The second-order valence-corrected chi connectivity index (χ2v) is 5.02. The average Bonchev–Trinajstić information content (AvgIpc) is 2.83. The van der Waals surface area contributed by atoms with Gasteiger partial charge < -0.3 is 30.0 Å². The Kier molecular flexibility index (Phi) is 2.34. The fourth-order valence-corrected chi connectivity index (χ4v) is 2.52. The van der Waals surface area contributed by atoms with Crippen LogP contribution in [0.15, 0.2) is 0 Å². The lowest BCUT2D eigenvalue weighted by molar-refractivity contribution is -0.217. The maximum Gasteiger partial charge on any atom is 0.315 e. The molecule has 17 heavy (non-hydrogen) atoms. The molecule has 3 heterocycles. The summed E-state index contributed by atoms with van der Waals surface area (Å²) in [6.07, 6.45) is -2.36. The summed E-state index contributed by atoms with van der Waals surface area (Å²) in [4.78, 5) is 11.0. The minimum absolute atomic E-state index is 0.245. The van der Waals surface area contributed by atoms with E-state index in [1.165, 1.54) is 0 Å². The summed E-state index contributed by atoms with van der Waals surface area (Å²) in [6, 6.07) is -0.497. The number of carbonyl (C=O) groups is 1. The van der Waals surface area contributed by atoms with Gasteiger partial charge in [-0.05, 0) is 13.8 Å². The van der Waals surface area contributed by atoms with Gasteiger partial charge in [-0.1, -0.05) is 0 Å². The lowest BCUT2D eigenvalue weighted by Crippen LogP contribution is -2.46. The van der Waals surface area contributed by atoms with E-state index in [0.29, 0.717) is 6.54 Å². The van der Waals surface area contributed by atoms with Crippen molar-refractivity contribution in [1.29, 1.82) is 0 Å². The van der Waals surface area contributed by atoms with Crippen LogP contribution in [0.2, 0.25) is 0 Å². The fraction of sp³-hybridized carbons (Fsp3) is 0.900. The van der Waals surface area contributed by atoms with Crippen LogP contribution in [0.5, 0.6) is 0 Å². The number of aliphatic hydroxyl groups is 1. The van der Waals surface area contributed by atoms with Gasteiger partial charge in [-0.25, -0.2) is 4.79 Å². The molecule has 0 bridgehead atoms. The quantitative estimate of drug-likeness (QED) is 0.545. The average molecular weight is 244 g/mol. The fourth-order valence-electron chi connectivity index (χ4n) is 2.52. The van der Waals surface area contributed by atoms with Gasteiger partial charge in [0.1, 0.15) is 18.3 Å². The van der Waals surface area contributed by atoms with Gasteiger partial charge in [-0.15, -0.1) is 0 Å². The van der Waals surface area contributed by atoms with Gasteiger partial charge in [-0.3, -0.25) is 0 Å². The third kappa shape index (κ3) is 1.79. The zero-order chi connectivity index (χ0) is 12.2. The van der Waals surface area contributed by atoms with Gasteiger partial charge in [0.25, 0.3) is 0 Å². The van der Waals surface area contributed by atoms with E-state index < -0.39 is 30.4 Å². The Morgan fingerprint density at radius 3 is 2.71 bits per heavy atom. The first-order valence-corrected chi connectivity index (χ1v) is 5.70. The number of carbonyl (C=O) groups excluding carboxylic acids is 1. The molecule has 0 spiro atoms. The van der Waals surface area contributed by atoms with Gasteiger partial charge >= 0.3 is 6.03 Å². The van der Waals surface area contributed by atoms with Crippen LogP contribution in [0.25, 0.3) is 0 Å². The third-order valence-electron chi connectivity index (χ3n) is 3.25. The molecular formula is C10H16N2O5. The van der Waals surface area contributed by atoms with Crippen molar-refractivity contribution >= 4 is 6.03 Å². The van der Waals surface area contributed by atoms with Crippen molar-refractivity contribution in [2.75, 3.05) is 6.54 Å². The van der Waals surface area contributed by atoms with Crippen LogP contribution in [0.4, 0.5) is 4.79 Å². The first kappa shape index (κ1) is 11.2. The third-order valence-corrected chi connectivity index (χ3v) is 3.25. The van der Waals surface area contributed by atoms with Gasteiger partial charge in [0, 0.05) is 6.54 Å². The number of ether oxygens (including phenoxy) is 3. The zero-order valence-corrected chi connectivity index (χ0v) is 9.67. The zero-order valence-electron chi connectivity index (χ0n) is 9.67. The second-order valence-electron chi connectivity index (χ2n) is 5.02. The van der Waals surface area contributed by atoms with Gasteiger partial charge in [0.15, 0.2) is 12.1 Å². The largest absolute Gasteiger partial charge is 0.387 e. The maximum atomic E-state index is 11.0. The number of hydrogen-bond donors (Lipinski definition) is 3. The first-order valence-electron chi connectivity index (χ1n) is 5.70. The number of hydrogen-bond acceptors (Lipinski definition) is 5. The Hall–Kier alpha value is -0.890. The molecule has 3 aliphatic rings. The molecule has 5 atom stereocenters. The highest BCUT2D eigenvalue weighted by atomic mass is 16.8. The molecule has 3 fully saturated rings. The Balaban J connectivity index is 1.70. The molecule has 3 rings (SSSR count). The topological polar surface area (TPSA) is 89.1 Å². The van der Waals surface area contributed by atoms with E-state index in [4.69, 9.17) is 14.2 Å². The Morgan fingerprint density at radius 1 is 1.35 bits per heavy atom. The highest BCUT2D eigenvalue weighted by molar-refractivity contribution is 5.76. The van der Waals surface area contributed by atoms with Crippen molar-refractivity contribution < 1.29 is 24.1 Å². The maximum absolute atomic E-state index is 11.0. The molecule has 7 nitrogen and oxygen atoms in total. The van der Waals surface area contributed by atoms with Gasteiger partial charge in [0.2, 0.25) is 0 Å². The molecule has 0 aliphatic carbocycles. The van der Waals surface area contributed by atoms with E-state index in [2.05, 4.69) is 10.6 Å². The van der Waals surface area contributed by atoms with E-state index >= 15 is 0 Å². The van der Waals surface area contributed by atoms with Crippen molar-refractivity contribution in [2.45, 2.75) is 50.3 Å². The molecule has 96 valence electrons. The van der Waals surface area contributed by atoms with Crippen LogP contribution in [0.1, 0.15) is 13.8 Å². The summed E-state index contributed by atoms with van der Waals surface area (Å²) >= 11 is 0. The van der Waals surface area contributed by atoms with Crippen molar-refractivity contribution in [3.05, 3.63) is 0 Å². The molecule has 0 unspecified atom stereocenters. The lowest BCUT2D eigenvalue weighted by Gasteiger charge is -2.25. The molecule has 3 aliphatic heterocycles. The summed E-state index contributed by atoms with van der Waals surface area (Å²) in [5.74, 6) is -0.738. The number of rotatable bonds is 1. The molecule has 0 aromatic heterocycles. The van der Waals surface area contributed by atoms with E-state index in [1.807, 2.05) is 0 Å². The summed E-state index contributed by atoms with van der Waals surface area (Å²) in [5.41, 5.74) is 0. The van der Waals surface area contributed by atoms with Crippen LogP contribution in [0.3, 0.4) is 0 Å². The van der Waals surface area contributed by atoms with E-state index in [0.717, 1.165) is 0 Å². The highest BCUT2D eigenvalue weighted by Crippen LogP contribution is 2.38. The van der Waals surface area contributed by atoms with E-state index in [1.54, 1.807) is 13.8 Å². The first-order chi connectivity index (χ1) is 7.96.